The van der Waals surface area contributed by atoms with Gasteiger partial charge in [0.1, 0.15) is 0 Å². The summed E-state index contributed by atoms with van der Waals surface area (Å²) in [4.78, 5) is 6.58. The fraction of sp³-hybridized carbons (Fsp3) is 0.818. The molecule has 2 heterocycles. The molecule has 1 N–H and O–H groups in total. The van der Waals surface area contributed by atoms with Crippen LogP contribution in [-0.4, -0.2) is 40.7 Å². The third-order valence-electron chi connectivity index (χ3n) is 3.33. The van der Waals surface area contributed by atoms with Crippen molar-refractivity contribution in [1.29, 1.82) is 0 Å². The van der Waals surface area contributed by atoms with Crippen molar-refractivity contribution in [2.24, 2.45) is 0 Å². The van der Waals surface area contributed by atoms with Gasteiger partial charge in [-0.1, -0.05) is 5.16 Å². The molecular weight excluding hydrogens is 204 g/mol. The number of aromatic nitrogens is 2. The Morgan fingerprint density at radius 1 is 1.56 bits per heavy atom. The molecule has 2 rings (SSSR count). The minimum absolute atomic E-state index is 0.574. The molecule has 0 spiro atoms. The van der Waals surface area contributed by atoms with Crippen molar-refractivity contribution < 1.29 is 4.52 Å². The Morgan fingerprint density at radius 2 is 2.38 bits per heavy atom. The average Bonchev–Trinajstić information content (AvgIpc) is 2.66. The second kappa shape index (κ2) is 4.93. The van der Waals surface area contributed by atoms with Gasteiger partial charge in [-0.3, -0.25) is 0 Å². The van der Waals surface area contributed by atoms with E-state index in [-0.39, 0.29) is 0 Å². The van der Waals surface area contributed by atoms with Gasteiger partial charge in [-0.2, -0.15) is 4.98 Å². The van der Waals surface area contributed by atoms with Crippen LogP contribution in [0.3, 0.4) is 0 Å². The maximum absolute atomic E-state index is 4.93. The zero-order valence-corrected chi connectivity index (χ0v) is 10.2. The molecule has 1 aromatic heterocycles. The first-order valence-corrected chi connectivity index (χ1v) is 5.88. The van der Waals surface area contributed by atoms with Crippen molar-refractivity contribution in [3.05, 3.63) is 11.7 Å². The fourth-order valence-electron chi connectivity index (χ4n) is 2.12. The standard InChI is InChI=1S/C11H20N4O/c1-8-6-10(4-5-15(8)3)12-7-11-13-9(2)16-14-11/h8,10,12H,4-7H2,1-3H3. The van der Waals surface area contributed by atoms with Crippen LogP contribution in [0.2, 0.25) is 0 Å². The molecule has 1 aromatic rings. The van der Waals surface area contributed by atoms with E-state index in [1.807, 2.05) is 6.92 Å². The number of rotatable bonds is 3. The van der Waals surface area contributed by atoms with Gasteiger partial charge in [0.25, 0.3) is 0 Å². The van der Waals surface area contributed by atoms with Crippen LogP contribution in [0.4, 0.5) is 0 Å². The molecule has 1 aliphatic heterocycles. The molecule has 5 heteroatoms. The highest BCUT2D eigenvalue weighted by molar-refractivity contribution is 4.86. The summed E-state index contributed by atoms with van der Waals surface area (Å²) in [6.45, 7) is 5.95. The van der Waals surface area contributed by atoms with Crippen LogP contribution in [0.5, 0.6) is 0 Å². The minimum Gasteiger partial charge on any atom is -0.340 e. The summed E-state index contributed by atoms with van der Waals surface area (Å²) in [7, 11) is 2.18. The van der Waals surface area contributed by atoms with Gasteiger partial charge in [0.15, 0.2) is 5.82 Å². The van der Waals surface area contributed by atoms with Crippen molar-refractivity contribution in [3.8, 4) is 0 Å². The Bertz CT molecular complexity index is 338. The van der Waals surface area contributed by atoms with Gasteiger partial charge in [0.2, 0.25) is 5.89 Å². The maximum Gasteiger partial charge on any atom is 0.223 e. The lowest BCUT2D eigenvalue weighted by atomic mass is 9.99. The number of nitrogens with one attached hydrogen (secondary N) is 1. The number of hydrogen-bond acceptors (Lipinski definition) is 5. The van der Waals surface area contributed by atoms with E-state index < -0.39 is 0 Å². The Hall–Kier alpha value is -0.940. The number of aryl methyl sites for hydroxylation is 1. The van der Waals surface area contributed by atoms with Gasteiger partial charge in [-0.15, -0.1) is 0 Å². The highest BCUT2D eigenvalue weighted by atomic mass is 16.5. The lowest BCUT2D eigenvalue weighted by Gasteiger charge is -2.35. The molecule has 2 atom stereocenters. The normalized spacial score (nSPS) is 27.2. The molecule has 1 saturated heterocycles. The molecule has 0 saturated carbocycles. The van der Waals surface area contributed by atoms with E-state index in [1.54, 1.807) is 0 Å². The van der Waals surface area contributed by atoms with Gasteiger partial charge < -0.3 is 14.7 Å². The second-order valence-corrected chi connectivity index (χ2v) is 4.66. The number of nitrogens with zero attached hydrogens (tertiary/aromatic N) is 3. The third kappa shape index (κ3) is 2.80. The Labute approximate surface area is 96.2 Å². The van der Waals surface area contributed by atoms with Gasteiger partial charge in [-0.25, -0.2) is 0 Å². The SMILES string of the molecule is Cc1nc(CNC2CCN(C)C(C)C2)no1. The predicted molar refractivity (Wildman–Crippen MR) is 61.0 cm³/mol. The first kappa shape index (κ1) is 11.5. The molecule has 16 heavy (non-hydrogen) atoms. The molecule has 90 valence electrons. The monoisotopic (exact) mass is 224 g/mol. The molecule has 1 fully saturated rings. The van der Waals surface area contributed by atoms with Crippen LogP contribution in [0.25, 0.3) is 0 Å². The molecule has 0 radical (unpaired) electrons. The number of likely N-dealkylation sites (tertiary alicyclic amines) is 1. The topological polar surface area (TPSA) is 54.2 Å². The molecule has 5 nitrogen and oxygen atoms in total. The molecular formula is C11H20N4O. The maximum atomic E-state index is 4.93. The van der Waals surface area contributed by atoms with Gasteiger partial charge in [0, 0.05) is 19.0 Å². The zero-order chi connectivity index (χ0) is 11.5. The summed E-state index contributed by atoms with van der Waals surface area (Å²) >= 11 is 0. The summed E-state index contributed by atoms with van der Waals surface area (Å²) < 4.78 is 4.93. The molecule has 0 aromatic carbocycles. The Balaban J connectivity index is 1.78. The van der Waals surface area contributed by atoms with Crippen molar-refractivity contribution in [1.82, 2.24) is 20.4 Å². The molecule has 2 unspecified atom stereocenters. The largest absolute Gasteiger partial charge is 0.340 e. The van der Waals surface area contributed by atoms with E-state index in [9.17, 15) is 0 Å². The van der Waals surface area contributed by atoms with Crippen LogP contribution >= 0.6 is 0 Å². The second-order valence-electron chi connectivity index (χ2n) is 4.66. The van der Waals surface area contributed by atoms with E-state index >= 15 is 0 Å². The van der Waals surface area contributed by atoms with Crippen LogP contribution in [-0.2, 0) is 6.54 Å². The van der Waals surface area contributed by atoms with Crippen LogP contribution < -0.4 is 5.32 Å². The van der Waals surface area contributed by atoms with E-state index in [0.717, 1.165) is 12.4 Å². The van der Waals surface area contributed by atoms with Crippen LogP contribution in [0, 0.1) is 6.92 Å². The summed E-state index contributed by atoms with van der Waals surface area (Å²) in [6, 6.07) is 1.23. The van der Waals surface area contributed by atoms with E-state index in [0.29, 0.717) is 24.5 Å². The summed E-state index contributed by atoms with van der Waals surface area (Å²) in [6.07, 6.45) is 2.38. The van der Waals surface area contributed by atoms with Crippen LogP contribution in [0.15, 0.2) is 4.52 Å². The summed E-state index contributed by atoms with van der Waals surface area (Å²) in [5, 5.41) is 7.37. The van der Waals surface area contributed by atoms with Crippen LogP contribution in [0.1, 0.15) is 31.5 Å². The smallest absolute Gasteiger partial charge is 0.223 e. The molecule has 0 aliphatic carbocycles. The van der Waals surface area contributed by atoms with Crippen molar-refractivity contribution in [2.45, 2.75) is 45.3 Å². The van der Waals surface area contributed by atoms with Crippen molar-refractivity contribution >= 4 is 0 Å². The first-order chi connectivity index (χ1) is 7.65. The first-order valence-electron chi connectivity index (χ1n) is 5.88. The number of piperidine rings is 1. The van der Waals surface area contributed by atoms with E-state index in [4.69, 9.17) is 4.52 Å². The quantitative estimate of drug-likeness (QED) is 0.828. The lowest BCUT2D eigenvalue weighted by Crippen LogP contribution is -2.45. The van der Waals surface area contributed by atoms with Crippen molar-refractivity contribution in [3.63, 3.8) is 0 Å². The Morgan fingerprint density at radius 3 is 3.00 bits per heavy atom. The molecule has 0 amide bonds. The molecule has 0 bridgehead atoms. The van der Waals surface area contributed by atoms with Crippen molar-refractivity contribution in [2.75, 3.05) is 13.6 Å². The number of hydrogen-bond donors (Lipinski definition) is 1. The third-order valence-corrected chi connectivity index (χ3v) is 3.33. The average molecular weight is 224 g/mol. The Kier molecular flexibility index (Phi) is 3.56. The van der Waals surface area contributed by atoms with Gasteiger partial charge in [0.05, 0.1) is 6.54 Å². The fourth-order valence-corrected chi connectivity index (χ4v) is 2.12. The highest BCUT2D eigenvalue weighted by Crippen LogP contribution is 2.15. The summed E-state index contributed by atoms with van der Waals surface area (Å²) in [5.74, 6) is 1.39. The summed E-state index contributed by atoms with van der Waals surface area (Å²) in [5.41, 5.74) is 0. The van der Waals surface area contributed by atoms with Gasteiger partial charge >= 0.3 is 0 Å². The minimum atomic E-state index is 0.574. The predicted octanol–water partition coefficient (Wildman–Crippen LogP) is 0.950. The van der Waals surface area contributed by atoms with E-state index in [1.165, 1.54) is 12.8 Å². The lowest BCUT2D eigenvalue weighted by molar-refractivity contribution is 0.167. The highest BCUT2D eigenvalue weighted by Gasteiger charge is 2.22. The van der Waals surface area contributed by atoms with E-state index in [2.05, 4.69) is 34.3 Å². The zero-order valence-electron chi connectivity index (χ0n) is 10.2. The molecule has 1 aliphatic rings. The van der Waals surface area contributed by atoms with Gasteiger partial charge in [-0.05, 0) is 33.4 Å².